The molecule has 1 fully saturated rings. The first-order valence-electron chi connectivity index (χ1n) is 6.71. The predicted molar refractivity (Wildman–Crippen MR) is 85.1 cm³/mol. The smallest absolute Gasteiger partial charge is 0.336 e. The van der Waals surface area contributed by atoms with E-state index in [4.69, 9.17) is 16.7 Å². The van der Waals surface area contributed by atoms with Crippen molar-refractivity contribution >= 4 is 40.9 Å². The first kappa shape index (κ1) is 15.1. The van der Waals surface area contributed by atoms with Crippen molar-refractivity contribution in [3.63, 3.8) is 0 Å². The van der Waals surface area contributed by atoms with Gasteiger partial charge in [-0.2, -0.15) is 0 Å². The largest absolute Gasteiger partial charge is 0.478 e. The number of carboxylic acid groups (broad SMARTS) is 1. The van der Waals surface area contributed by atoms with E-state index in [0.29, 0.717) is 16.4 Å². The average Bonchev–Trinajstić information content (AvgIpc) is 2.83. The number of hydrogen-bond acceptors (Lipinski definition) is 3. The number of rotatable bonds is 3. The molecule has 0 aliphatic carbocycles. The molecule has 0 saturated carbocycles. The van der Waals surface area contributed by atoms with Crippen molar-refractivity contribution in [2.45, 2.75) is 0 Å². The molecule has 116 valence electrons. The quantitative estimate of drug-likeness (QED) is 0.877. The molecule has 3 amide bonds. The molecule has 0 radical (unpaired) electrons. The Bertz CT molecular complexity index is 787. The van der Waals surface area contributed by atoms with Crippen molar-refractivity contribution in [3.05, 3.63) is 59.1 Å². The second-order valence-electron chi connectivity index (χ2n) is 4.93. The van der Waals surface area contributed by atoms with Gasteiger partial charge >= 0.3 is 12.0 Å². The molecule has 1 aliphatic heterocycles. The first-order valence-corrected chi connectivity index (χ1v) is 7.08. The SMILES string of the molecule is O=C(O)c1ccc(N2CC(=O)N(c3ccc(Cl)cc3)C2=O)cc1. The fraction of sp³-hybridized carbons (Fsp3) is 0.0625. The molecule has 7 heteroatoms. The van der Waals surface area contributed by atoms with E-state index in [1.807, 2.05) is 0 Å². The summed E-state index contributed by atoms with van der Waals surface area (Å²) >= 11 is 5.81. The maximum absolute atomic E-state index is 12.5. The lowest BCUT2D eigenvalue weighted by Crippen LogP contribution is -2.32. The Kier molecular flexibility index (Phi) is 3.75. The van der Waals surface area contributed by atoms with Crippen LogP contribution < -0.4 is 9.80 Å². The maximum Gasteiger partial charge on any atom is 0.336 e. The molecule has 0 atom stereocenters. The van der Waals surface area contributed by atoms with E-state index in [0.717, 1.165) is 4.90 Å². The number of imide groups is 1. The van der Waals surface area contributed by atoms with Crippen molar-refractivity contribution in [3.8, 4) is 0 Å². The minimum Gasteiger partial charge on any atom is -0.478 e. The zero-order chi connectivity index (χ0) is 16.6. The number of hydrogen-bond donors (Lipinski definition) is 1. The van der Waals surface area contributed by atoms with Crippen LogP contribution in [0.25, 0.3) is 0 Å². The highest BCUT2D eigenvalue weighted by molar-refractivity contribution is 6.31. The molecule has 2 aromatic carbocycles. The van der Waals surface area contributed by atoms with Crippen LogP contribution in [0.1, 0.15) is 10.4 Å². The summed E-state index contributed by atoms with van der Waals surface area (Å²) in [4.78, 5) is 37.9. The Labute approximate surface area is 136 Å². The highest BCUT2D eigenvalue weighted by Gasteiger charge is 2.37. The van der Waals surface area contributed by atoms with E-state index in [9.17, 15) is 14.4 Å². The molecular weight excluding hydrogens is 320 g/mol. The van der Waals surface area contributed by atoms with Crippen LogP contribution in [0, 0.1) is 0 Å². The lowest BCUT2D eigenvalue weighted by Gasteiger charge is -2.17. The Balaban J connectivity index is 1.88. The number of anilines is 2. The minimum atomic E-state index is -1.05. The third-order valence-corrected chi connectivity index (χ3v) is 3.73. The van der Waals surface area contributed by atoms with Crippen LogP contribution >= 0.6 is 11.6 Å². The van der Waals surface area contributed by atoms with E-state index < -0.39 is 12.0 Å². The van der Waals surface area contributed by atoms with Gasteiger partial charge in [-0.1, -0.05) is 11.6 Å². The van der Waals surface area contributed by atoms with Crippen LogP contribution in [0.15, 0.2) is 48.5 Å². The molecule has 2 aromatic rings. The van der Waals surface area contributed by atoms with E-state index in [1.165, 1.54) is 29.2 Å². The van der Waals surface area contributed by atoms with Gasteiger partial charge in [-0.05, 0) is 48.5 Å². The highest BCUT2D eigenvalue weighted by atomic mass is 35.5. The van der Waals surface area contributed by atoms with E-state index in [-0.39, 0.29) is 18.0 Å². The van der Waals surface area contributed by atoms with Gasteiger partial charge in [0, 0.05) is 10.7 Å². The highest BCUT2D eigenvalue weighted by Crippen LogP contribution is 2.27. The van der Waals surface area contributed by atoms with Crippen LogP contribution in [0.4, 0.5) is 16.2 Å². The molecule has 1 aliphatic rings. The summed E-state index contributed by atoms with van der Waals surface area (Å²) in [5, 5.41) is 9.40. The molecule has 3 rings (SSSR count). The van der Waals surface area contributed by atoms with E-state index in [2.05, 4.69) is 0 Å². The predicted octanol–water partition coefficient (Wildman–Crippen LogP) is 3.01. The molecule has 1 N–H and O–H groups in total. The summed E-state index contributed by atoms with van der Waals surface area (Å²) in [7, 11) is 0. The van der Waals surface area contributed by atoms with Gasteiger partial charge < -0.3 is 5.11 Å². The van der Waals surface area contributed by atoms with Crippen LogP contribution in [0.2, 0.25) is 5.02 Å². The fourth-order valence-electron chi connectivity index (χ4n) is 2.33. The fourth-order valence-corrected chi connectivity index (χ4v) is 2.46. The number of halogens is 1. The third kappa shape index (κ3) is 2.76. The number of amides is 3. The van der Waals surface area contributed by atoms with Gasteiger partial charge in [0.1, 0.15) is 6.54 Å². The number of nitrogens with zero attached hydrogens (tertiary/aromatic N) is 2. The molecule has 0 aromatic heterocycles. The normalized spacial score (nSPS) is 14.5. The number of urea groups is 1. The van der Waals surface area contributed by atoms with Gasteiger partial charge in [0.2, 0.25) is 0 Å². The van der Waals surface area contributed by atoms with Crippen molar-refractivity contribution in [1.82, 2.24) is 0 Å². The molecule has 0 bridgehead atoms. The number of carbonyl (C=O) groups is 3. The van der Waals surface area contributed by atoms with Crippen molar-refractivity contribution in [1.29, 1.82) is 0 Å². The molecule has 0 unspecified atom stereocenters. The number of benzene rings is 2. The number of aromatic carboxylic acids is 1. The summed E-state index contributed by atoms with van der Waals surface area (Å²) in [6.45, 7) is -0.103. The molecule has 23 heavy (non-hydrogen) atoms. The van der Waals surface area contributed by atoms with Gasteiger partial charge in [-0.15, -0.1) is 0 Å². The monoisotopic (exact) mass is 330 g/mol. The van der Waals surface area contributed by atoms with Gasteiger partial charge in [-0.25, -0.2) is 14.5 Å². The van der Waals surface area contributed by atoms with Crippen LogP contribution in [-0.2, 0) is 4.79 Å². The Morgan fingerprint density at radius 2 is 1.52 bits per heavy atom. The second kappa shape index (κ2) is 5.73. The molecule has 1 saturated heterocycles. The van der Waals surface area contributed by atoms with Crippen molar-refractivity contribution < 1.29 is 19.5 Å². The lowest BCUT2D eigenvalue weighted by molar-refractivity contribution is -0.115. The third-order valence-electron chi connectivity index (χ3n) is 3.48. The van der Waals surface area contributed by atoms with Gasteiger partial charge in [0.15, 0.2) is 0 Å². The lowest BCUT2D eigenvalue weighted by atomic mass is 10.2. The van der Waals surface area contributed by atoms with Crippen molar-refractivity contribution in [2.75, 3.05) is 16.3 Å². The number of carboxylic acids is 1. The first-order chi connectivity index (χ1) is 11.0. The summed E-state index contributed by atoms with van der Waals surface area (Å²) < 4.78 is 0. The molecular formula is C16H11ClN2O4. The molecule has 1 heterocycles. The zero-order valence-corrected chi connectivity index (χ0v) is 12.5. The van der Waals surface area contributed by atoms with E-state index in [1.54, 1.807) is 24.3 Å². The van der Waals surface area contributed by atoms with Crippen LogP contribution in [0.5, 0.6) is 0 Å². The Hall–Kier alpha value is -2.86. The summed E-state index contributed by atoms with van der Waals surface area (Å²) in [6.07, 6.45) is 0. The summed E-state index contributed by atoms with van der Waals surface area (Å²) in [6, 6.07) is 11.7. The van der Waals surface area contributed by atoms with Crippen molar-refractivity contribution in [2.24, 2.45) is 0 Å². The summed E-state index contributed by atoms with van der Waals surface area (Å²) in [5.74, 6) is -1.41. The minimum absolute atomic E-state index is 0.103. The Morgan fingerprint density at radius 3 is 2.09 bits per heavy atom. The standard InChI is InChI=1S/C16H11ClN2O4/c17-11-3-7-13(8-4-11)19-14(20)9-18(16(19)23)12-5-1-10(2-6-12)15(21)22/h1-8H,9H2,(H,21,22). The molecule has 6 nitrogen and oxygen atoms in total. The van der Waals surface area contributed by atoms with Gasteiger partial charge in [0.05, 0.1) is 11.3 Å². The molecule has 0 spiro atoms. The van der Waals surface area contributed by atoms with E-state index >= 15 is 0 Å². The zero-order valence-electron chi connectivity index (χ0n) is 11.8. The van der Waals surface area contributed by atoms with Crippen LogP contribution in [-0.4, -0.2) is 29.6 Å². The van der Waals surface area contributed by atoms with Gasteiger partial charge in [0.25, 0.3) is 5.91 Å². The topological polar surface area (TPSA) is 77.9 Å². The Morgan fingerprint density at radius 1 is 0.957 bits per heavy atom. The number of carbonyl (C=O) groups excluding carboxylic acids is 2. The van der Waals surface area contributed by atoms with Gasteiger partial charge in [-0.3, -0.25) is 9.69 Å². The second-order valence-corrected chi connectivity index (χ2v) is 5.36. The van der Waals surface area contributed by atoms with Crippen LogP contribution in [0.3, 0.4) is 0 Å². The summed E-state index contributed by atoms with van der Waals surface area (Å²) in [5.41, 5.74) is 1.01. The maximum atomic E-state index is 12.5. The average molecular weight is 331 g/mol.